The standard InChI is InChI=1S/C12H18O3/c1-7(2)12(14)15-11-6-4-8-9(11)3-5-10(8)13/h8-11,13H,1,3-6H2,2H3. The molecule has 0 radical (unpaired) electrons. The number of hydrogen-bond donors (Lipinski definition) is 1. The third kappa shape index (κ3) is 1.93. The maximum absolute atomic E-state index is 11.4. The second-order valence-corrected chi connectivity index (χ2v) is 4.77. The quantitative estimate of drug-likeness (QED) is 0.557. The smallest absolute Gasteiger partial charge is 0.333 e. The highest BCUT2D eigenvalue weighted by Crippen LogP contribution is 2.45. The number of ether oxygens (including phenoxy) is 1. The Morgan fingerprint density at radius 1 is 1.27 bits per heavy atom. The van der Waals surface area contributed by atoms with Crippen LogP contribution in [0.3, 0.4) is 0 Å². The summed E-state index contributed by atoms with van der Waals surface area (Å²) in [5.74, 6) is 0.443. The average molecular weight is 210 g/mol. The van der Waals surface area contributed by atoms with Crippen molar-refractivity contribution < 1.29 is 14.6 Å². The minimum absolute atomic E-state index is 0.0105. The maximum atomic E-state index is 11.4. The Labute approximate surface area is 90.1 Å². The summed E-state index contributed by atoms with van der Waals surface area (Å²) in [6.45, 7) is 5.24. The van der Waals surface area contributed by atoms with Crippen LogP contribution in [0.25, 0.3) is 0 Å². The zero-order chi connectivity index (χ0) is 11.0. The fraction of sp³-hybridized carbons (Fsp3) is 0.750. The molecule has 0 aromatic carbocycles. The number of carbonyl (C=O) groups excluding carboxylic acids is 1. The molecule has 4 unspecified atom stereocenters. The molecule has 3 nitrogen and oxygen atoms in total. The SMILES string of the molecule is C=C(C)C(=O)OC1CCC2C(O)CCC12. The second kappa shape index (κ2) is 3.97. The number of rotatable bonds is 2. The van der Waals surface area contributed by atoms with Crippen molar-refractivity contribution in [2.24, 2.45) is 11.8 Å². The first-order chi connectivity index (χ1) is 7.09. The van der Waals surface area contributed by atoms with E-state index >= 15 is 0 Å². The molecule has 2 aliphatic rings. The van der Waals surface area contributed by atoms with E-state index in [-0.39, 0.29) is 18.2 Å². The largest absolute Gasteiger partial charge is 0.459 e. The molecule has 0 heterocycles. The lowest BCUT2D eigenvalue weighted by Crippen LogP contribution is -2.24. The van der Waals surface area contributed by atoms with Crippen LogP contribution in [0.5, 0.6) is 0 Å². The number of esters is 1. The molecule has 2 saturated carbocycles. The summed E-state index contributed by atoms with van der Waals surface area (Å²) >= 11 is 0. The molecule has 2 rings (SSSR count). The molecular formula is C12H18O3. The summed E-state index contributed by atoms with van der Waals surface area (Å²) in [5.41, 5.74) is 0.456. The topological polar surface area (TPSA) is 46.5 Å². The predicted molar refractivity (Wildman–Crippen MR) is 56.1 cm³/mol. The van der Waals surface area contributed by atoms with Crippen LogP contribution in [-0.4, -0.2) is 23.3 Å². The Morgan fingerprint density at radius 2 is 1.93 bits per heavy atom. The third-order valence-electron chi connectivity index (χ3n) is 3.71. The Balaban J connectivity index is 1.95. The van der Waals surface area contributed by atoms with Crippen molar-refractivity contribution in [3.63, 3.8) is 0 Å². The van der Waals surface area contributed by atoms with E-state index < -0.39 is 0 Å². The highest BCUT2D eigenvalue weighted by Gasteiger charge is 2.45. The minimum Gasteiger partial charge on any atom is -0.459 e. The van der Waals surface area contributed by atoms with Gasteiger partial charge < -0.3 is 9.84 Å². The van der Waals surface area contributed by atoms with Crippen LogP contribution in [0.1, 0.15) is 32.6 Å². The maximum Gasteiger partial charge on any atom is 0.333 e. The van der Waals surface area contributed by atoms with Gasteiger partial charge in [0.2, 0.25) is 0 Å². The normalized spacial score (nSPS) is 38.8. The molecule has 4 atom stereocenters. The highest BCUT2D eigenvalue weighted by molar-refractivity contribution is 5.87. The van der Waals surface area contributed by atoms with Gasteiger partial charge in [0.15, 0.2) is 0 Å². The number of aliphatic hydroxyl groups excluding tert-OH is 1. The van der Waals surface area contributed by atoms with Gasteiger partial charge in [-0.2, -0.15) is 0 Å². The Bertz CT molecular complexity index is 285. The van der Waals surface area contributed by atoms with Crippen LogP contribution in [0, 0.1) is 11.8 Å². The van der Waals surface area contributed by atoms with Gasteiger partial charge in [0.1, 0.15) is 6.10 Å². The van der Waals surface area contributed by atoms with Gasteiger partial charge in [-0.3, -0.25) is 0 Å². The lowest BCUT2D eigenvalue weighted by molar-refractivity contribution is -0.146. The molecule has 0 aliphatic heterocycles. The van der Waals surface area contributed by atoms with Crippen molar-refractivity contribution in [2.75, 3.05) is 0 Å². The Morgan fingerprint density at radius 3 is 2.60 bits per heavy atom. The first-order valence-electron chi connectivity index (χ1n) is 5.64. The van der Waals surface area contributed by atoms with E-state index in [0.29, 0.717) is 17.4 Å². The van der Waals surface area contributed by atoms with Gasteiger partial charge in [0, 0.05) is 11.5 Å². The second-order valence-electron chi connectivity index (χ2n) is 4.77. The Hall–Kier alpha value is -0.830. The van der Waals surface area contributed by atoms with E-state index in [1.807, 2.05) is 0 Å². The van der Waals surface area contributed by atoms with E-state index in [1.54, 1.807) is 6.92 Å². The summed E-state index contributed by atoms with van der Waals surface area (Å²) in [4.78, 5) is 11.4. The van der Waals surface area contributed by atoms with E-state index in [9.17, 15) is 9.90 Å². The summed E-state index contributed by atoms with van der Waals surface area (Å²) in [6.07, 6.45) is 3.56. The van der Waals surface area contributed by atoms with Gasteiger partial charge in [0.05, 0.1) is 6.10 Å². The van der Waals surface area contributed by atoms with E-state index in [4.69, 9.17) is 4.74 Å². The molecule has 2 aliphatic carbocycles. The van der Waals surface area contributed by atoms with E-state index in [0.717, 1.165) is 25.7 Å². The molecule has 0 amide bonds. The molecule has 0 aromatic heterocycles. The fourth-order valence-corrected chi connectivity index (χ4v) is 2.90. The van der Waals surface area contributed by atoms with Gasteiger partial charge in [0.25, 0.3) is 0 Å². The van der Waals surface area contributed by atoms with Crippen LogP contribution in [0.4, 0.5) is 0 Å². The van der Waals surface area contributed by atoms with E-state index in [2.05, 4.69) is 6.58 Å². The summed E-state index contributed by atoms with van der Waals surface area (Å²) in [6, 6.07) is 0. The third-order valence-corrected chi connectivity index (χ3v) is 3.71. The molecule has 0 bridgehead atoms. The zero-order valence-corrected chi connectivity index (χ0v) is 9.11. The summed E-state index contributed by atoms with van der Waals surface area (Å²) in [5, 5.41) is 9.70. The number of aliphatic hydroxyl groups is 1. The van der Waals surface area contributed by atoms with Crippen molar-refractivity contribution in [1.29, 1.82) is 0 Å². The zero-order valence-electron chi connectivity index (χ0n) is 9.11. The molecule has 0 saturated heterocycles. The molecule has 0 spiro atoms. The first-order valence-corrected chi connectivity index (χ1v) is 5.64. The average Bonchev–Trinajstić information content (AvgIpc) is 2.71. The molecule has 3 heteroatoms. The van der Waals surface area contributed by atoms with Crippen molar-refractivity contribution in [3.05, 3.63) is 12.2 Å². The minimum atomic E-state index is -0.290. The van der Waals surface area contributed by atoms with Crippen LogP contribution < -0.4 is 0 Å². The van der Waals surface area contributed by atoms with Gasteiger partial charge in [-0.25, -0.2) is 4.79 Å². The van der Waals surface area contributed by atoms with Crippen molar-refractivity contribution in [2.45, 2.75) is 44.8 Å². The lowest BCUT2D eigenvalue weighted by Gasteiger charge is -2.19. The van der Waals surface area contributed by atoms with Crippen LogP contribution in [0.15, 0.2) is 12.2 Å². The molecule has 1 N–H and O–H groups in total. The van der Waals surface area contributed by atoms with Crippen LogP contribution in [0.2, 0.25) is 0 Å². The van der Waals surface area contributed by atoms with E-state index in [1.165, 1.54) is 0 Å². The van der Waals surface area contributed by atoms with Gasteiger partial charge >= 0.3 is 5.97 Å². The Kier molecular flexibility index (Phi) is 2.83. The van der Waals surface area contributed by atoms with Gasteiger partial charge in [-0.15, -0.1) is 0 Å². The van der Waals surface area contributed by atoms with Crippen molar-refractivity contribution in [1.82, 2.24) is 0 Å². The van der Waals surface area contributed by atoms with Crippen molar-refractivity contribution >= 4 is 5.97 Å². The summed E-state index contributed by atoms with van der Waals surface area (Å²) in [7, 11) is 0. The van der Waals surface area contributed by atoms with Crippen molar-refractivity contribution in [3.8, 4) is 0 Å². The summed E-state index contributed by atoms with van der Waals surface area (Å²) < 4.78 is 5.39. The molecule has 84 valence electrons. The molecule has 15 heavy (non-hydrogen) atoms. The first kappa shape index (κ1) is 10.7. The molecule has 2 fully saturated rings. The number of fused-ring (bicyclic) bond motifs is 1. The van der Waals surface area contributed by atoms with Crippen LogP contribution >= 0.6 is 0 Å². The van der Waals surface area contributed by atoms with Crippen LogP contribution in [-0.2, 0) is 9.53 Å². The number of carbonyl (C=O) groups is 1. The monoisotopic (exact) mass is 210 g/mol. The molecule has 0 aromatic rings. The lowest BCUT2D eigenvalue weighted by atomic mass is 9.98. The predicted octanol–water partition coefficient (Wildman–Crippen LogP) is 1.66. The highest BCUT2D eigenvalue weighted by atomic mass is 16.5. The van der Waals surface area contributed by atoms with Gasteiger partial charge in [-0.05, 0) is 38.5 Å². The fourth-order valence-electron chi connectivity index (χ4n) is 2.90. The van der Waals surface area contributed by atoms with Gasteiger partial charge in [-0.1, -0.05) is 6.58 Å². The number of hydrogen-bond acceptors (Lipinski definition) is 3. The molecular weight excluding hydrogens is 192 g/mol.